The van der Waals surface area contributed by atoms with Crippen molar-refractivity contribution >= 4 is 29.3 Å². The third-order valence-electron chi connectivity index (χ3n) is 4.14. The van der Waals surface area contributed by atoms with Gasteiger partial charge in [-0.3, -0.25) is 4.79 Å². The first-order valence-corrected chi connectivity index (χ1v) is 8.98. The number of benzene rings is 1. The summed E-state index contributed by atoms with van der Waals surface area (Å²) >= 11 is 7.71. The average Bonchev–Trinajstić information content (AvgIpc) is 2.53. The molecule has 2 nitrogen and oxygen atoms in total. The number of halogens is 1. The van der Waals surface area contributed by atoms with Crippen LogP contribution in [0, 0.1) is 11.8 Å². The molecule has 1 aromatic carbocycles. The van der Waals surface area contributed by atoms with Gasteiger partial charge in [-0.05, 0) is 55.2 Å². The van der Waals surface area contributed by atoms with E-state index < -0.39 is 0 Å². The topological polar surface area (TPSA) is 29.1 Å². The zero-order valence-electron chi connectivity index (χ0n) is 11.9. The first kappa shape index (κ1) is 15.7. The van der Waals surface area contributed by atoms with Gasteiger partial charge in [0.15, 0.2) is 0 Å². The van der Waals surface area contributed by atoms with Crippen molar-refractivity contribution in [2.45, 2.75) is 30.6 Å². The van der Waals surface area contributed by atoms with Crippen LogP contribution in [-0.4, -0.2) is 24.6 Å². The number of alkyl halides is 1. The van der Waals surface area contributed by atoms with E-state index in [9.17, 15) is 4.79 Å². The van der Waals surface area contributed by atoms with Gasteiger partial charge in [0.2, 0.25) is 0 Å². The summed E-state index contributed by atoms with van der Waals surface area (Å²) in [6.07, 6.45) is 6.95. The highest BCUT2D eigenvalue weighted by Gasteiger charge is 2.24. The van der Waals surface area contributed by atoms with Crippen molar-refractivity contribution in [3.8, 4) is 0 Å². The standard InChI is InChI=1S/C16H22ClNOS/c1-20-15-8-6-12(7-9-15)16(19)18-11-14-5-3-2-4-13(14)10-17/h6-9,13-14H,2-5,10-11H2,1H3,(H,18,19). The van der Waals surface area contributed by atoms with Gasteiger partial charge >= 0.3 is 0 Å². The van der Waals surface area contributed by atoms with Crippen molar-refractivity contribution in [2.75, 3.05) is 18.7 Å². The summed E-state index contributed by atoms with van der Waals surface area (Å²) in [7, 11) is 0. The molecule has 1 aliphatic rings. The summed E-state index contributed by atoms with van der Waals surface area (Å²) in [4.78, 5) is 13.3. The summed E-state index contributed by atoms with van der Waals surface area (Å²) in [6, 6.07) is 7.76. The van der Waals surface area contributed by atoms with Gasteiger partial charge in [0.05, 0.1) is 0 Å². The van der Waals surface area contributed by atoms with Crippen LogP contribution in [0.15, 0.2) is 29.2 Å². The van der Waals surface area contributed by atoms with E-state index in [1.54, 1.807) is 11.8 Å². The van der Waals surface area contributed by atoms with Crippen molar-refractivity contribution in [3.63, 3.8) is 0 Å². The minimum Gasteiger partial charge on any atom is -0.352 e. The molecule has 0 aromatic heterocycles. The lowest BCUT2D eigenvalue weighted by Gasteiger charge is -2.30. The molecule has 2 rings (SSSR count). The summed E-state index contributed by atoms with van der Waals surface area (Å²) < 4.78 is 0. The van der Waals surface area contributed by atoms with Crippen molar-refractivity contribution in [1.29, 1.82) is 0 Å². The highest BCUT2D eigenvalue weighted by molar-refractivity contribution is 7.98. The molecule has 1 N–H and O–H groups in total. The Bertz CT molecular complexity index is 435. The Kier molecular flexibility index (Phi) is 6.24. The SMILES string of the molecule is CSc1ccc(C(=O)NCC2CCCCC2CCl)cc1. The molecule has 0 saturated heterocycles. The number of hydrogen-bond donors (Lipinski definition) is 1. The molecule has 1 saturated carbocycles. The minimum atomic E-state index is 0.0246. The molecule has 0 aliphatic heterocycles. The fourth-order valence-electron chi connectivity index (χ4n) is 2.82. The van der Waals surface area contributed by atoms with Crippen molar-refractivity contribution in [1.82, 2.24) is 5.32 Å². The largest absolute Gasteiger partial charge is 0.352 e. The number of nitrogens with one attached hydrogen (secondary N) is 1. The maximum Gasteiger partial charge on any atom is 0.251 e. The summed E-state index contributed by atoms with van der Waals surface area (Å²) in [5, 5.41) is 3.07. The lowest BCUT2D eigenvalue weighted by molar-refractivity contribution is 0.0936. The van der Waals surface area contributed by atoms with Gasteiger partial charge in [-0.1, -0.05) is 12.8 Å². The van der Waals surface area contributed by atoms with Gasteiger partial charge in [-0.2, -0.15) is 0 Å². The number of hydrogen-bond acceptors (Lipinski definition) is 2. The number of rotatable bonds is 5. The minimum absolute atomic E-state index is 0.0246. The van der Waals surface area contributed by atoms with Gasteiger partial charge < -0.3 is 5.32 Å². The van der Waals surface area contributed by atoms with E-state index in [2.05, 4.69) is 5.32 Å². The second kappa shape index (κ2) is 7.94. The Balaban J connectivity index is 1.87. The second-order valence-corrected chi connectivity index (χ2v) is 6.59. The van der Waals surface area contributed by atoms with Crippen molar-refractivity contribution < 1.29 is 4.79 Å². The molecule has 110 valence electrons. The molecule has 2 atom stereocenters. The van der Waals surface area contributed by atoms with E-state index in [0.717, 1.165) is 12.1 Å². The third-order valence-corrected chi connectivity index (χ3v) is 5.28. The number of carbonyl (C=O) groups excluding carboxylic acids is 1. The van der Waals surface area contributed by atoms with Crippen LogP contribution in [0.2, 0.25) is 0 Å². The van der Waals surface area contributed by atoms with Crippen LogP contribution >= 0.6 is 23.4 Å². The van der Waals surface area contributed by atoms with Gasteiger partial charge in [0.1, 0.15) is 0 Å². The maximum absolute atomic E-state index is 12.1. The Morgan fingerprint density at radius 2 is 1.90 bits per heavy atom. The van der Waals surface area contributed by atoms with Crippen molar-refractivity contribution in [2.24, 2.45) is 11.8 Å². The Morgan fingerprint density at radius 3 is 2.50 bits per heavy atom. The number of amides is 1. The molecule has 0 bridgehead atoms. The quantitative estimate of drug-likeness (QED) is 0.653. The van der Waals surface area contributed by atoms with E-state index in [1.807, 2.05) is 30.5 Å². The van der Waals surface area contributed by atoms with E-state index >= 15 is 0 Å². The number of thioether (sulfide) groups is 1. The highest BCUT2D eigenvalue weighted by atomic mass is 35.5. The lowest BCUT2D eigenvalue weighted by atomic mass is 9.80. The molecule has 0 heterocycles. The van der Waals surface area contributed by atoms with E-state index in [-0.39, 0.29) is 5.91 Å². The molecule has 1 amide bonds. The Morgan fingerprint density at radius 1 is 1.25 bits per heavy atom. The van der Waals surface area contributed by atoms with E-state index in [0.29, 0.717) is 17.7 Å². The predicted molar refractivity (Wildman–Crippen MR) is 86.7 cm³/mol. The van der Waals surface area contributed by atoms with Crippen LogP contribution in [0.5, 0.6) is 0 Å². The lowest BCUT2D eigenvalue weighted by Crippen LogP contribution is -2.34. The Labute approximate surface area is 130 Å². The van der Waals surface area contributed by atoms with Crippen LogP contribution in [-0.2, 0) is 0 Å². The number of carbonyl (C=O) groups is 1. The maximum atomic E-state index is 12.1. The van der Waals surface area contributed by atoms with Crippen LogP contribution in [0.25, 0.3) is 0 Å². The first-order chi connectivity index (χ1) is 9.74. The van der Waals surface area contributed by atoms with Gasteiger partial charge in [0.25, 0.3) is 5.91 Å². The fraction of sp³-hybridized carbons (Fsp3) is 0.562. The molecular formula is C16H22ClNOS. The second-order valence-electron chi connectivity index (χ2n) is 5.40. The van der Waals surface area contributed by atoms with Gasteiger partial charge in [-0.15, -0.1) is 23.4 Å². The highest BCUT2D eigenvalue weighted by Crippen LogP contribution is 2.30. The molecule has 1 fully saturated rings. The van der Waals surface area contributed by atoms with Crippen LogP contribution in [0.1, 0.15) is 36.0 Å². The molecule has 4 heteroatoms. The Hall–Kier alpha value is -0.670. The molecular weight excluding hydrogens is 290 g/mol. The first-order valence-electron chi connectivity index (χ1n) is 7.23. The molecule has 0 radical (unpaired) electrons. The zero-order chi connectivity index (χ0) is 14.4. The summed E-state index contributed by atoms with van der Waals surface area (Å²) in [6.45, 7) is 0.750. The molecule has 1 aromatic rings. The van der Waals surface area contributed by atoms with Crippen LogP contribution in [0.4, 0.5) is 0 Å². The monoisotopic (exact) mass is 311 g/mol. The predicted octanol–water partition coefficient (Wildman–Crippen LogP) is 4.18. The molecule has 1 aliphatic carbocycles. The molecule has 20 heavy (non-hydrogen) atoms. The molecule has 0 spiro atoms. The summed E-state index contributed by atoms with van der Waals surface area (Å²) in [5.41, 5.74) is 0.737. The van der Waals surface area contributed by atoms with Crippen LogP contribution in [0.3, 0.4) is 0 Å². The van der Waals surface area contributed by atoms with Gasteiger partial charge in [0, 0.05) is 22.9 Å². The van der Waals surface area contributed by atoms with E-state index in [1.165, 1.54) is 30.6 Å². The smallest absolute Gasteiger partial charge is 0.251 e. The zero-order valence-corrected chi connectivity index (χ0v) is 13.5. The molecule has 2 unspecified atom stereocenters. The average molecular weight is 312 g/mol. The normalized spacial score (nSPS) is 22.5. The summed E-state index contributed by atoms with van der Waals surface area (Å²) in [5.74, 6) is 1.83. The fourth-order valence-corrected chi connectivity index (χ4v) is 3.64. The van der Waals surface area contributed by atoms with Gasteiger partial charge in [-0.25, -0.2) is 0 Å². The van der Waals surface area contributed by atoms with E-state index in [4.69, 9.17) is 11.6 Å². The third kappa shape index (κ3) is 4.16. The van der Waals surface area contributed by atoms with Crippen molar-refractivity contribution in [3.05, 3.63) is 29.8 Å². The van der Waals surface area contributed by atoms with Crippen LogP contribution < -0.4 is 5.32 Å².